The molecule has 1 aromatic carbocycles. The molecule has 2 atom stereocenters. The van der Waals surface area contributed by atoms with Crippen LogP contribution in [0.25, 0.3) is 0 Å². The number of nitrogens with zero attached hydrogens (tertiary/aromatic N) is 1. The van der Waals surface area contributed by atoms with Crippen molar-refractivity contribution in [1.82, 2.24) is 4.90 Å². The quantitative estimate of drug-likeness (QED) is 0.889. The van der Waals surface area contributed by atoms with Gasteiger partial charge >= 0.3 is 0 Å². The third kappa shape index (κ3) is 2.48. The molecule has 2 unspecified atom stereocenters. The number of benzene rings is 1. The van der Waals surface area contributed by atoms with E-state index in [2.05, 4.69) is 17.1 Å². The summed E-state index contributed by atoms with van der Waals surface area (Å²) in [7, 11) is 0. The molecule has 0 spiro atoms. The van der Waals surface area contributed by atoms with Crippen molar-refractivity contribution >= 4 is 5.69 Å². The van der Waals surface area contributed by atoms with Crippen LogP contribution in [0.15, 0.2) is 18.2 Å². The zero-order valence-corrected chi connectivity index (χ0v) is 10.5. The molecule has 98 valence electrons. The van der Waals surface area contributed by atoms with Gasteiger partial charge in [-0.2, -0.15) is 0 Å². The molecule has 1 aromatic rings. The highest BCUT2D eigenvalue weighted by atomic mass is 19.1. The molecule has 3 rings (SSSR count). The molecular weight excluding hydrogens is 234 g/mol. The topological polar surface area (TPSA) is 15.3 Å². The van der Waals surface area contributed by atoms with Gasteiger partial charge in [0.05, 0.1) is 0 Å². The third-order valence-corrected chi connectivity index (χ3v) is 3.87. The Hall–Kier alpha value is -1.16. The number of hydrogen-bond donors (Lipinski definition) is 1. The number of rotatable bonds is 3. The van der Waals surface area contributed by atoms with Crippen LogP contribution in [0.1, 0.15) is 26.2 Å². The van der Waals surface area contributed by atoms with Gasteiger partial charge < -0.3 is 5.32 Å². The van der Waals surface area contributed by atoms with Crippen LogP contribution in [0.2, 0.25) is 0 Å². The van der Waals surface area contributed by atoms with Crippen LogP contribution in [0, 0.1) is 11.6 Å². The number of halogens is 2. The molecule has 1 saturated heterocycles. The summed E-state index contributed by atoms with van der Waals surface area (Å²) in [4.78, 5) is 2.51. The second kappa shape index (κ2) is 4.50. The fourth-order valence-corrected chi connectivity index (χ4v) is 2.95. The molecular formula is C14H18F2N2. The van der Waals surface area contributed by atoms with Gasteiger partial charge in [0.2, 0.25) is 0 Å². The first-order valence-corrected chi connectivity index (χ1v) is 6.60. The lowest BCUT2D eigenvalue weighted by molar-refractivity contribution is 0.257. The summed E-state index contributed by atoms with van der Waals surface area (Å²) >= 11 is 0. The number of anilines is 1. The molecule has 2 nitrogen and oxygen atoms in total. The minimum Gasteiger partial charge on any atom is -0.381 e. The Morgan fingerprint density at radius 1 is 1.17 bits per heavy atom. The van der Waals surface area contributed by atoms with E-state index in [0.717, 1.165) is 25.1 Å². The van der Waals surface area contributed by atoms with E-state index in [4.69, 9.17) is 0 Å². The highest BCUT2D eigenvalue weighted by Gasteiger charge is 2.38. The third-order valence-electron chi connectivity index (χ3n) is 3.87. The summed E-state index contributed by atoms with van der Waals surface area (Å²) < 4.78 is 26.2. The van der Waals surface area contributed by atoms with Crippen molar-refractivity contribution in [1.29, 1.82) is 0 Å². The lowest BCUT2D eigenvalue weighted by Gasteiger charge is -2.20. The Bertz CT molecular complexity index is 425. The van der Waals surface area contributed by atoms with Gasteiger partial charge in [0, 0.05) is 36.4 Å². The molecule has 4 heteroatoms. The van der Waals surface area contributed by atoms with Gasteiger partial charge in [-0.3, -0.25) is 4.90 Å². The average molecular weight is 252 g/mol. The summed E-state index contributed by atoms with van der Waals surface area (Å²) in [5.41, 5.74) is 0.544. The van der Waals surface area contributed by atoms with Gasteiger partial charge in [-0.25, -0.2) is 8.78 Å². The minimum atomic E-state index is -0.525. The van der Waals surface area contributed by atoms with Crippen molar-refractivity contribution in [2.75, 3.05) is 11.9 Å². The van der Waals surface area contributed by atoms with E-state index in [0.29, 0.717) is 17.8 Å². The first-order valence-electron chi connectivity index (χ1n) is 6.60. The molecule has 2 fully saturated rings. The lowest BCUT2D eigenvalue weighted by atomic mass is 10.2. The van der Waals surface area contributed by atoms with Crippen LogP contribution >= 0.6 is 0 Å². The van der Waals surface area contributed by atoms with E-state index < -0.39 is 11.6 Å². The summed E-state index contributed by atoms with van der Waals surface area (Å²) in [5, 5.41) is 3.24. The Morgan fingerprint density at radius 3 is 2.44 bits per heavy atom. The Balaban J connectivity index is 1.66. The van der Waals surface area contributed by atoms with Gasteiger partial charge in [0.25, 0.3) is 0 Å². The van der Waals surface area contributed by atoms with Crippen LogP contribution in [-0.2, 0) is 0 Å². The first kappa shape index (κ1) is 11.9. The minimum absolute atomic E-state index is 0.293. The summed E-state index contributed by atoms with van der Waals surface area (Å²) in [6.07, 6.45) is 3.63. The highest BCUT2D eigenvalue weighted by Crippen LogP contribution is 2.34. The van der Waals surface area contributed by atoms with Gasteiger partial charge in [-0.15, -0.1) is 0 Å². The van der Waals surface area contributed by atoms with Crippen molar-refractivity contribution in [2.24, 2.45) is 0 Å². The van der Waals surface area contributed by atoms with Gasteiger partial charge in [0.1, 0.15) is 11.6 Å². The van der Waals surface area contributed by atoms with Gasteiger partial charge in [-0.05, 0) is 38.3 Å². The molecule has 1 N–H and O–H groups in total. The van der Waals surface area contributed by atoms with Gasteiger partial charge in [0.15, 0.2) is 0 Å². The van der Waals surface area contributed by atoms with E-state index in [1.165, 1.54) is 25.0 Å². The average Bonchev–Trinajstić information content (AvgIpc) is 3.02. The number of hydrogen-bond acceptors (Lipinski definition) is 2. The first-order chi connectivity index (χ1) is 8.61. The summed E-state index contributed by atoms with van der Waals surface area (Å²) in [6, 6.07) is 5.21. The standard InChI is InChI=1S/C14H18F2N2/c1-9-4-13(8-18(9)14-2-3-14)17-12-6-10(15)5-11(16)7-12/h5-7,9,13-14,17H,2-4,8H2,1H3. The van der Waals surface area contributed by atoms with Crippen molar-refractivity contribution in [2.45, 2.75) is 44.3 Å². The Labute approximate surface area is 106 Å². The zero-order valence-electron chi connectivity index (χ0n) is 10.5. The molecule has 0 radical (unpaired) electrons. The maximum absolute atomic E-state index is 13.1. The van der Waals surface area contributed by atoms with Crippen LogP contribution < -0.4 is 5.32 Å². The van der Waals surface area contributed by atoms with Crippen molar-refractivity contribution < 1.29 is 8.78 Å². The predicted octanol–water partition coefficient (Wildman–Crippen LogP) is 3.00. The molecule has 2 aliphatic rings. The molecule has 18 heavy (non-hydrogen) atoms. The molecule has 0 amide bonds. The van der Waals surface area contributed by atoms with Gasteiger partial charge in [-0.1, -0.05) is 0 Å². The van der Waals surface area contributed by atoms with Crippen LogP contribution in [0.5, 0.6) is 0 Å². The van der Waals surface area contributed by atoms with Crippen LogP contribution in [-0.4, -0.2) is 29.6 Å². The highest BCUT2D eigenvalue weighted by molar-refractivity contribution is 5.45. The monoisotopic (exact) mass is 252 g/mol. The lowest BCUT2D eigenvalue weighted by Crippen LogP contribution is -2.31. The Morgan fingerprint density at radius 2 is 1.83 bits per heavy atom. The number of likely N-dealkylation sites (tertiary alicyclic amines) is 1. The van der Waals surface area contributed by atoms with E-state index >= 15 is 0 Å². The molecule has 1 aliphatic carbocycles. The second-order valence-corrected chi connectivity index (χ2v) is 5.51. The fourth-order valence-electron chi connectivity index (χ4n) is 2.95. The smallest absolute Gasteiger partial charge is 0.128 e. The maximum atomic E-state index is 13.1. The fraction of sp³-hybridized carbons (Fsp3) is 0.571. The van der Waals surface area contributed by atoms with Crippen LogP contribution in [0.3, 0.4) is 0 Å². The van der Waals surface area contributed by atoms with E-state index in [9.17, 15) is 8.78 Å². The zero-order chi connectivity index (χ0) is 12.7. The van der Waals surface area contributed by atoms with Crippen LogP contribution in [0.4, 0.5) is 14.5 Å². The number of nitrogens with one attached hydrogen (secondary N) is 1. The van der Waals surface area contributed by atoms with Crippen molar-refractivity contribution in [3.05, 3.63) is 29.8 Å². The summed E-state index contributed by atoms with van der Waals surface area (Å²) in [6.45, 7) is 3.20. The van der Waals surface area contributed by atoms with E-state index in [1.807, 2.05) is 0 Å². The molecule has 1 aliphatic heterocycles. The maximum Gasteiger partial charge on any atom is 0.128 e. The van der Waals surface area contributed by atoms with Crippen molar-refractivity contribution in [3.63, 3.8) is 0 Å². The Kier molecular flexibility index (Phi) is 2.98. The molecule has 0 bridgehead atoms. The molecule has 0 aromatic heterocycles. The second-order valence-electron chi connectivity index (χ2n) is 5.51. The summed E-state index contributed by atoms with van der Waals surface area (Å²) in [5.74, 6) is -1.05. The largest absolute Gasteiger partial charge is 0.381 e. The van der Waals surface area contributed by atoms with E-state index in [1.54, 1.807) is 0 Å². The molecule has 1 heterocycles. The molecule has 1 saturated carbocycles. The normalized spacial score (nSPS) is 28.6. The van der Waals surface area contributed by atoms with Crippen molar-refractivity contribution in [3.8, 4) is 0 Å². The van der Waals surface area contributed by atoms with E-state index in [-0.39, 0.29) is 0 Å². The SMILES string of the molecule is CC1CC(Nc2cc(F)cc(F)c2)CN1C1CC1. The predicted molar refractivity (Wildman–Crippen MR) is 67.6 cm³/mol.